The van der Waals surface area contributed by atoms with Gasteiger partial charge in [0.1, 0.15) is 36.1 Å². The zero-order valence-corrected chi connectivity index (χ0v) is 34.6. The van der Waals surface area contributed by atoms with Crippen molar-refractivity contribution in [3.8, 4) is 50.9 Å². The summed E-state index contributed by atoms with van der Waals surface area (Å²) in [5.41, 5.74) is 6.29. The number of H-pyrrole nitrogens is 2. The van der Waals surface area contributed by atoms with Crippen LogP contribution >= 0.6 is 0 Å². The summed E-state index contributed by atoms with van der Waals surface area (Å²) in [5, 5.41) is 14.9. The maximum atomic E-state index is 13.4. The minimum absolute atomic E-state index is 0.163. The van der Waals surface area contributed by atoms with Crippen LogP contribution < -0.4 is 30.6 Å². The molecule has 2 atom stereocenters. The number of aliphatic hydroxyl groups excluding tert-OH is 1. The van der Waals surface area contributed by atoms with E-state index in [-0.39, 0.29) is 29.7 Å². The summed E-state index contributed by atoms with van der Waals surface area (Å²) in [6.45, 7) is 5.17. The molecule has 4 aromatic carbocycles. The van der Waals surface area contributed by atoms with E-state index in [1.165, 1.54) is 12.7 Å². The first-order valence-corrected chi connectivity index (χ1v) is 21.0. The number of hydrogen-bond acceptors (Lipinski definition) is 11. The molecular formula is C48H46N8O7. The third-order valence-electron chi connectivity index (χ3n) is 11.9. The first kappa shape index (κ1) is 40.1. The monoisotopic (exact) mass is 846 g/mol. The number of β-amino-alcohol motifs (C(OH)–C–C–N with tert-alkyl or cyclic N) is 1. The van der Waals surface area contributed by atoms with Crippen LogP contribution in [0.25, 0.3) is 55.7 Å². The second-order valence-electron chi connectivity index (χ2n) is 15.8. The quantitative estimate of drug-likeness (QED) is 0.109. The van der Waals surface area contributed by atoms with Crippen LogP contribution in [0, 0.1) is 5.92 Å². The number of hydrogen-bond donors (Lipinski definition) is 4. The van der Waals surface area contributed by atoms with Crippen LogP contribution in [0.5, 0.6) is 17.2 Å². The molecule has 6 heterocycles. The van der Waals surface area contributed by atoms with E-state index in [9.17, 15) is 14.7 Å². The van der Waals surface area contributed by atoms with Crippen molar-refractivity contribution in [2.45, 2.75) is 12.2 Å². The summed E-state index contributed by atoms with van der Waals surface area (Å²) < 4.78 is 28.0. The minimum atomic E-state index is -0.633. The number of ether oxygens (including phenoxy) is 4. The highest BCUT2D eigenvalue weighted by Crippen LogP contribution is 2.39. The lowest BCUT2D eigenvalue weighted by atomic mass is 9.90. The number of methoxy groups -OCH3 is 1. The van der Waals surface area contributed by atoms with Crippen molar-refractivity contribution >= 4 is 22.1 Å². The van der Waals surface area contributed by atoms with Gasteiger partial charge in [-0.3, -0.25) is 14.5 Å². The van der Waals surface area contributed by atoms with Gasteiger partial charge in [-0.15, -0.1) is 0 Å². The molecule has 2 saturated heterocycles. The summed E-state index contributed by atoms with van der Waals surface area (Å²) >= 11 is 0. The fourth-order valence-electron chi connectivity index (χ4n) is 8.50. The van der Waals surface area contributed by atoms with Crippen molar-refractivity contribution in [2.75, 3.05) is 59.7 Å². The van der Waals surface area contributed by atoms with Crippen LogP contribution in [0.1, 0.15) is 11.7 Å². The second kappa shape index (κ2) is 17.4. The lowest BCUT2D eigenvalue weighted by Gasteiger charge is -2.35. The fraction of sp³-hybridized carbons (Fsp3) is 0.250. The second-order valence-corrected chi connectivity index (χ2v) is 15.8. The van der Waals surface area contributed by atoms with Gasteiger partial charge in [0, 0.05) is 79.5 Å². The molecule has 63 heavy (non-hydrogen) atoms. The molecule has 8 aromatic rings. The highest BCUT2D eigenvalue weighted by molar-refractivity contribution is 5.95. The molecule has 10 rings (SSSR count). The maximum absolute atomic E-state index is 13.4. The van der Waals surface area contributed by atoms with Crippen molar-refractivity contribution < 1.29 is 24.1 Å². The number of nitrogens with one attached hydrogen (secondary N) is 3. The van der Waals surface area contributed by atoms with Gasteiger partial charge in [-0.1, -0.05) is 42.5 Å². The van der Waals surface area contributed by atoms with Gasteiger partial charge < -0.3 is 48.5 Å². The van der Waals surface area contributed by atoms with Crippen LogP contribution in [-0.4, -0.2) is 105 Å². The molecule has 0 amide bonds. The Hall–Kier alpha value is -7.04. The molecule has 0 bridgehead atoms. The zero-order valence-electron chi connectivity index (χ0n) is 34.6. The summed E-state index contributed by atoms with van der Waals surface area (Å²) in [5.74, 6) is 2.10. The predicted octanol–water partition coefficient (Wildman–Crippen LogP) is 5.50. The Morgan fingerprint density at radius 1 is 0.762 bits per heavy atom. The van der Waals surface area contributed by atoms with Crippen LogP contribution in [0.3, 0.4) is 0 Å². The van der Waals surface area contributed by atoms with Crippen LogP contribution in [0.2, 0.25) is 0 Å². The number of para-hydroxylation sites is 1. The number of aromatic amines is 2. The Balaban J connectivity index is 0.909. The number of morpholine rings is 1. The van der Waals surface area contributed by atoms with Gasteiger partial charge in [-0.25, -0.2) is 9.97 Å². The van der Waals surface area contributed by atoms with E-state index in [0.717, 1.165) is 59.8 Å². The number of aromatic nitrogens is 6. The first-order valence-electron chi connectivity index (χ1n) is 21.0. The zero-order chi connectivity index (χ0) is 42.9. The summed E-state index contributed by atoms with van der Waals surface area (Å²) in [6, 6.07) is 31.0. The molecular weight excluding hydrogens is 801 g/mol. The van der Waals surface area contributed by atoms with Crippen LogP contribution in [-0.2, 0) is 4.74 Å². The molecule has 15 nitrogen and oxygen atoms in total. The third-order valence-corrected chi connectivity index (χ3v) is 11.9. The van der Waals surface area contributed by atoms with Crippen molar-refractivity contribution in [3.05, 3.63) is 148 Å². The lowest BCUT2D eigenvalue weighted by Crippen LogP contribution is -2.46. The van der Waals surface area contributed by atoms with Crippen molar-refractivity contribution in [1.29, 1.82) is 0 Å². The standard InChI is InChI=1S/C48H46N8O7/c1-60-41-21-34(56-26-40(43-46(56)51-29-53-48(43)59)30-7-12-36(13-8-30)62-27-35(57)24-54-17-19-61-20-18-54)11-16-38(41)44(32-22-49-23-32)63-37-14-9-31(10-15-37)39-25-55(33-5-3-2-4-6-33)45-42(39)47(58)52-28-50-45/h2-16,21,25-26,28-29,32,35,44,49,57H,17-20,22-24,27H2,1H3,(H,50,52,58)(H,51,53,59). The van der Waals surface area contributed by atoms with Gasteiger partial charge in [-0.05, 0) is 59.7 Å². The Kier molecular flexibility index (Phi) is 11.0. The van der Waals surface area contributed by atoms with Gasteiger partial charge in [0.2, 0.25) is 0 Å². The molecule has 2 fully saturated rings. The van der Waals surface area contributed by atoms with E-state index in [4.69, 9.17) is 18.9 Å². The Labute approximate surface area is 361 Å². The van der Waals surface area contributed by atoms with E-state index < -0.39 is 6.10 Å². The minimum Gasteiger partial charge on any atom is -0.496 e. The van der Waals surface area contributed by atoms with Gasteiger partial charge in [-0.2, -0.15) is 0 Å². The Morgan fingerprint density at radius 2 is 1.37 bits per heavy atom. The van der Waals surface area contributed by atoms with Gasteiger partial charge in [0.25, 0.3) is 11.1 Å². The molecule has 0 saturated carbocycles. The molecule has 4 aromatic heterocycles. The average molecular weight is 847 g/mol. The molecule has 2 aliphatic rings. The molecule has 2 aliphatic heterocycles. The molecule has 0 spiro atoms. The summed E-state index contributed by atoms with van der Waals surface area (Å²) in [4.78, 5) is 43.3. The SMILES string of the molecule is COc1cc(-n2cc(-c3ccc(OCC(O)CN4CCOCC4)cc3)c3c(=O)[nH]cnc32)ccc1C(Oc1ccc(-c2cn(-c3ccccc3)c3nc[nH]c(=O)c23)cc1)C1CNC1. The topological polar surface area (TPSA) is 174 Å². The Bertz CT molecular complexity index is 2990. The number of rotatable bonds is 14. The molecule has 2 unspecified atom stereocenters. The van der Waals surface area contributed by atoms with Gasteiger partial charge in [0.05, 0.1) is 49.4 Å². The van der Waals surface area contributed by atoms with E-state index >= 15 is 0 Å². The Morgan fingerprint density at radius 3 is 1.95 bits per heavy atom. The highest BCUT2D eigenvalue weighted by Gasteiger charge is 2.33. The van der Waals surface area contributed by atoms with Gasteiger partial charge >= 0.3 is 0 Å². The number of nitrogens with zero attached hydrogens (tertiary/aromatic N) is 5. The normalized spacial score (nSPS) is 15.6. The summed E-state index contributed by atoms with van der Waals surface area (Å²) in [7, 11) is 1.64. The third kappa shape index (κ3) is 7.98. The fourth-order valence-corrected chi connectivity index (χ4v) is 8.50. The molecule has 0 radical (unpaired) electrons. The largest absolute Gasteiger partial charge is 0.496 e. The van der Waals surface area contributed by atoms with Crippen molar-refractivity contribution in [3.63, 3.8) is 0 Å². The predicted molar refractivity (Wildman–Crippen MR) is 239 cm³/mol. The van der Waals surface area contributed by atoms with E-state index in [1.807, 2.05) is 119 Å². The first-order chi connectivity index (χ1) is 30.9. The highest BCUT2D eigenvalue weighted by atomic mass is 16.5. The number of aliphatic hydroxyl groups is 1. The van der Waals surface area contributed by atoms with Gasteiger partial charge in [0.15, 0.2) is 11.3 Å². The van der Waals surface area contributed by atoms with E-state index in [2.05, 4.69) is 30.2 Å². The van der Waals surface area contributed by atoms with E-state index in [0.29, 0.717) is 64.6 Å². The summed E-state index contributed by atoms with van der Waals surface area (Å²) in [6.07, 6.45) is 5.72. The molecule has 15 heteroatoms. The molecule has 0 aliphatic carbocycles. The van der Waals surface area contributed by atoms with Crippen LogP contribution in [0.15, 0.2) is 132 Å². The smallest absolute Gasteiger partial charge is 0.260 e. The number of benzene rings is 4. The van der Waals surface area contributed by atoms with Crippen molar-refractivity contribution in [2.24, 2.45) is 5.92 Å². The average Bonchev–Trinajstić information content (AvgIpc) is 3.90. The maximum Gasteiger partial charge on any atom is 0.260 e. The molecule has 4 N–H and O–H groups in total. The van der Waals surface area contributed by atoms with Crippen LogP contribution in [0.4, 0.5) is 0 Å². The van der Waals surface area contributed by atoms with E-state index in [1.54, 1.807) is 7.11 Å². The molecule has 320 valence electrons. The number of fused-ring (bicyclic) bond motifs is 2. The van der Waals surface area contributed by atoms with Crippen molar-refractivity contribution in [1.82, 2.24) is 39.3 Å². The lowest BCUT2D eigenvalue weighted by molar-refractivity contribution is 0.00465.